The van der Waals surface area contributed by atoms with Crippen LogP contribution in [0.3, 0.4) is 0 Å². The first kappa shape index (κ1) is 15.1. The maximum Gasteiger partial charge on any atom is 0.227 e. The molecule has 3 rings (SSSR count). The van der Waals surface area contributed by atoms with E-state index in [0.717, 1.165) is 6.42 Å². The third-order valence-electron chi connectivity index (χ3n) is 3.30. The average molecular weight is 334 g/mol. The number of nitrogens with zero attached hydrogens (tertiary/aromatic N) is 1. The number of hydrogen-bond acceptors (Lipinski definition) is 3. The Bertz CT molecular complexity index is 835. The molecule has 0 fully saturated rings. The summed E-state index contributed by atoms with van der Waals surface area (Å²) >= 11 is 12.0. The van der Waals surface area contributed by atoms with Crippen LogP contribution in [0.25, 0.3) is 22.6 Å². The van der Waals surface area contributed by atoms with Crippen LogP contribution in [0.4, 0.5) is 0 Å². The first-order valence-corrected chi connectivity index (χ1v) is 7.72. The lowest BCUT2D eigenvalue weighted by molar-refractivity contribution is 0.0982. The fourth-order valence-electron chi connectivity index (χ4n) is 2.27. The second kappa shape index (κ2) is 6.11. The lowest BCUT2D eigenvalue weighted by Gasteiger charge is -1.98. The fourth-order valence-corrected chi connectivity index (χ4v) is 2.80. The number of carbonyl (C=O) groups is 1. The minimum Gasteiger partial charge on any atom is -0.436 e. The summed E-state index contributed by atoms with van der Waals surface area (Å²) < 4.78 is 5.75. The highest BCUT2D eigenvalue weighted by Gasteiger charge is 2.12. The van der Waals surface area contributed by atoms with Gasteiger partial charge < -0.3 is 4.42 Å². The molecule has 2 aromatic carbocycles. The average Bonchev–Trinajstić information content (AvgIpc) is 2.89. The van der Waals surface area contributed by atoms with E-state index in [1.165, 1.54) is 0 Å². The molecule has 3 nitrogen and oxygen atoms in total. The van der Waals surface area contributed by atoms with Crippen molar-refractivity contribution in [2.24, 2.45) is 0 Å². The van der Waals surface area contributed by atoms with E-state index in [9.17, 15) is 4.79 Å². The Morgan fingerprint density at radius 2 is 1.86 bits per heavy atom. The van der Waals surface area contributed by atoms with Crippen molar-refractivity contribution in [3.05, 3.63) is 52.0 Å². The van der Waals surface area contributed by atoms with E-state index >= 15 is 0 Å². The summed E-state index contributed by atoms with van der Waals surface area (Å²) in [6.07, 6.45) is 1.34. The fraction of sp³-hybridized carbons (Fsp3) is 0.176. The van der Waals surface area contributed by atoms with Gasteiger partial charge in [0.05, 0.1) is 0 Å². The van der Waals surface area contributed by atoms with Crippen LogP contribution in [0, 0.1) is 0 Å². The molecule has 0 N–H and O–H groups in total. The van der Waals surface area contributed by atoms with Crippen molar-refractivity contribution in [3.8, 4) is 11.5 Å². The molecule has 0 amide bonds. The third kappa shape index (κ3) is 3.01. The van der Waals surface area contributed by atoms with Gasteiger partial charge in [-0.3, -0.25) is 4.79 Å². The summed E-state index contributed by atoms with van der Waals surface area (Å²) in [6, 6.07) is 10.4. The molecule has 0 saturated heterocycles. The quantitative estimate of drug-likeness (QED) is 0.568. The Morgan fingerprint density at radius 1 is 1.14 bits per heavy atom. The number of Topliss-reactive ketones (excluding diaryl/α,β-unsaturated/α-hetero) is 1. The molecule has 22 heavy (non-hydrogen) atoms. The Kier molecular flexibility index (Phi) is 4.19. The first-order chi connectivity index (χ1) is 10.6. The molecule has 3 aromatic rings. The highest BCUT2D eigenvalue weighted by atomic mass is 35.5. The normalized spacial score (nSPS) is 11.0. The number of hydrogen-bond donors (Lipinski definition) is 0. The van der Waals surface area contributed by atoms with Crippen LogP contribution in [-0.4, -0.2) is 10.8 Å². The summed E-state index contributed by atoms with van der Waals surface area (Å²) in [5.41, 5.74) is 2.61. The smallest absolute Gasteiger partial charge is 0.227 e. The molecular weight excluding hydrogens is 321 g/mol. The van der Waals surface area contributed by atoms with E-state index in [2.05, 4.69) is 4.98 Å². The Labute approximate surface area is 137 Å². The van der Waals surface area contributed by atoms with Crippen LogP contribution in [-0.2, 0) is 0 Å². The van der Waals surface area contributed by atoms with Gasteiger partial charge in [-0.05, 0) is 42.8 Å². The van der Waals surface area contributed by atoms with E-state index in [1.54, 1.807) is 36.4 Å². The topological polar surface area (TPSA) is 43.1 Å². The SMILES string of the molecule is CCCC(=O)c1ccc2nc(-c3cc(Cl)cc(Cl)c3)oc2c1. The van der Waals surface area contributed by atoms with Crippen molar-refractivity contribution in [2.45, 2.75) is 19.8 Å². The minimum absolute atomic E-state index is 0.105. The molecule has 0 aliphatic heterocycles. The molecule has 0 bridgehead atoms. The predicted molar refractivity (Wildman–Crippen MR) is 88.7 cm³/mol. The second-order valence-corrected chi connectivity index (χ2v) is 5.91. The van der Waals surface area contributed by atoms with Crippen LogP contribution in [0.2, 0.25) is 10.0 Å². The summed E-state index contributed by atoms with van der Waals surface area (Å²) in [6.45, 7) is 1.98. The number of ketones is 1. The summed E-state index contributed by atoms with van der Waals surface area (Å²) in [7, 11) is 0. The maximum absolute atomic E-state index is 12.0. The van der Waals surface area contributed by atoms with Crippen LogP contribution >= 0.6 is 23.2 Å². The Balaban J connectivity index is 2.04. The van der Waals surface area contributed by atoms with Crippen molar-refractivity contribution >= 4 is 40.1 Å². The van der Waals surface area contributed by atoms with Crippen LogP contribution in [0.1, 0.15) is 30.1 Å². The molecular formula is C17H13Cl2NO2. The van der Waals surface area contributed by atoms with Gasteiger partial charge in [-0.15, -0.1) is 0 Å². The standard InChI is InChI=1S/C17H13Cl2NO2/c1-2-3-15(21)10-4-5-14-16(8-10)22-17(20-14)11-6-12(18)9-13(19)7-11/h4-9H,2-3H2,1H3. The highest BCUT2D eigenvalue weighted by Crippen LogP contribution is 2.29. The second-order valence-electron chi connectivity index (χ2n) is 5.03. The zero-order valence-corrected chi connectivity index (χ0v) is 13.4. The van der Waals surface area contributed by atoms with E-state index in [-0.39, 0.29) is 5.78 Å². The summed E-state index contributed by atoms with van der Waals surface area (Å²) in [5, 5.41) is 1.03. The molecule has 112 valence electrons. The van der Waals surface area contributed by atoms with E-state index < -0.39 is 0 Å². The third-order valence-corrected chi connectivity index (χ3v) is 3.73. The molecule has 0 aliphatic rings. The molecule has 0 saturated carbocycles. The molecule has 0 radical (unpaired) electrons. The van der Waals surface area contributed by atoms with Gasteiger partial charge in [0.25, 0.3) is 0 Å². The van der Waals surface area contributed by atoms with Crippen molar-refractivity contribution in [1.82, 2.24) is 4.98 Å². The number of halogens is 2. The molecule has 0 unspecified atom stereocenters. The lowest BCUT2D eigenvalue weighted by atomic mass is 10.1. The van der Waals surface area contributed by atoms with Gasteiger partial charge in [-0.1, -0.05) is 30.1 Å². The van der Waals surface area contributed by atoms with Gasteiger partial charge >= 0.3 is 0 Å². The number of fused-ring (bicyclic) bond motifs is 1. The van der Waals surface area contributed by atoms with Crippen LogP contribution < -0.4 is 0 Å². The van der Waals surface area contributed by atoms with Gasteiger partial charge in [-0.25, -0.2) is 4.98 Å². The summed E-state index contributed by atoms with van der Waals surface area (Å²) in [4.78, 5) is 16.4. The Morgan fingerprint density at radius 3 is 2.55 bits per heavy atom. The largest absolute Gasteiger partial charge is 0.436 e. The first-order valence-electron chi connectivity index (χ1n) is 6.97. The maximum atomic E-state index is 12.0. The van der Waals surface area contributed by atoms with Gasteiger partial charge in [0.15, 0.2) is 11.4 Å². The Hall–Kier alpha value is -1.84. The van der Waals surface area contributed by atoms with Crippen LogP contribution in [0.15, 0.2) is 40.8 Å². The predicted octanol–water partition coefficient (Wildman–Crippen LogP) is 5.78. The zero-order valence-electron chi connectivity index (χ0n) is 11.9. The molecule has 0 aliphatic carbocycles. The minimum atomic E-state index is 0.105. The molecule has 1 heterocycles. The lowest BCUT2D eigenvalue weighted by Crippen LogP contribution is -1.97. The van der Waals surface area contributed by atoms with E-state index in [1.807, 2.05) is 6.92 Å². The number of benzene rings is 2. The monoisotopic (exact) mass is 333 g/mol. The van der Waals surface area contributed by atoms with Crippen molar-refractivity contribution < 1.29 is 9.21 Å². The highest BCUT2D eigenvalue weighted by molar-refractivity contribution is 6.35. The van der Waals surface area contributed by atoms with E-state index in [4.69, 9.17) is 27.6 Å². The number of oxazole rings is 1. The van der Waals surface area contributed by atoms with E-state index in [0.29, 0.717) is 44.6 Å². The number of carbonyl (C=O) groups excluding carboxylic acids is 1. The van der Waals surface area contributed by atoms with Crippen molar-refractivity contribution in [3.63, 3.8) is 0 Å². The number of rotatable bonds is 4. The van der Waals surface area contributed by atoms with Gasteiger partial charge in [0.2, 0.25) is 5.89 Å². The van der Waals surface area contributed by atoms with Crippen molar-refractivity contribution in [2.75, 3.05) is 0 Å². The van der Waals surface area contributed by atoms with Gasteiger partial charge in [0.1, 0.15) is 5.52 Å². The van der Waals surface area contributed by atoms with Gasteiger partial charge in [0, 0.05) is 27.6 Å². The summed E-state index contributed by atoms with van der Waals surface area (Å²) in [5.74, 6) is 0.535. The number of aromatic nitrogens is 1. The molecule has 0 spiro atoms. The van der Waals surface area contributed by atoms with Gasteiger partial charge in [-0.2, -0.15) is 0 Å². The molecule has 0 atom stereocenters. The van der Waals surface area contributed by atoms with Crippen LogP contribution in [0.5, 0.6) is 0 Å². The molecule has 1 aromatic heterocycles. The molecule has 5 heteroatoms. The van der Waals surface area contributed by atoms with Crippen molar-refractivity contribution in [1.29, 1.82) is 0 Å². The zero-order chi connectivity index (χ0) is 15.7.